The quantitative estimate of drug-likeness (QED) is 0.450. The lowest BCUT2D eigenvalue weighted by atomic mass is 10.2. The van der Waals surface area contributed by atoms with Crippen molar-refractivity contribution in [3.8, 4) is 0 Å². The Morgan fingerprint density at radius 3 is 2.29 bits per heavy atom. The second-order valence-corrected chi connectivity index (χ2v) is 10.3. The van der Waals surface area contributed by atoms with E-state index in [1.165, 1.54) is 50.0 Å². The molecule has 0 N–H and O–H groups in total. The Balaban J connectivity index is 2.07. The first-order valence-corrected chi connectivity index (χ1v) is 12.3. The first kappa shape index (κ1) is 25.3. The second kappa shape index (κ2) is 10.3. The number of ether oxygens (including phenoxy) is 2. The molecule has 0 bridgehead atoms. The number of nitrogens with zero attached hydrogens (tertiary/aromatic N) is 3. The van der Waals surface area contributed by atoms with Gasteiger partial charge in [0, 0.05) is 19.7 Å². The minimum Gasteiger partial charge on any atom is -0.465 e. The van der Waals surface area contributed by atoms with Crippen LogP contribution in [-0.4, -0.2) is 62.9 Å². The van der Waals surface area contributed by atoms with Gasteiger partial charge < -0.3 is 14.0 Å². The van der Waals surface area contributed by atoms with Crippen LogP contribution in [0.1, 0.15) is 27.6 Å². The Bertz CT molecular complexity index is 1420. The van der Waals surface area contributed by atoms with Crippen molar-refractivity contribution in [1.82, 2.24) is 8.87 Å². The average Bonchev–Trinajstić information content (AvgIpc) is 3.14. The first-order valence-electron chi connectivity index (χ1n) is 10.1. The maximum Gasteiger partial charge on any atom is 0.337 e. The van der Waals surface area contributed by atoms with Crippen LogP contribution in [0.5, 0.6) is 0 Å². The van der Waals surface area contributed by atoms with Crippen LogP contribution in [0, 0.1) is 0 Å². The number of methoxy groups -OCH3 is 1. The standard InChI is InChI=1S/C22H23N3O7S2/c1-5-32-19(26)13-25-17-11-8-15(21(28)31-4)12-18(17)33-22(25)23-20(27)14-6-9-16(10-7-14)34(29,30)24(2)3/h6-12H,5,13H2,1-4H3. The van der Waals surface area contributed by atoms with Crippen LogP contribution >= 0.6 is 11.3 Å². The van der Waals surface area contributed by atoms with E-state index >= 15 is 0 Å². The molecule has 1 amide bonds. The van der Waals surface area contributed by atoms with Gasteiger partial charge in [0.2, 0.25) is 10.0 Å². The van der Waals surface area contributed by atoms with Gasteiger partial charge in [0.05, 0.1) is 34.4 Å². The minimum absolute atomic E-state index is 0.0450. The van der Waals surface area contributed by atoms with Gasteiger partial charge in [-0.1, -0.05) is 11.3 Å². The lowest BCUT2D eigenvalue weighted by Crippen LogP contribution is -2.23. The van der Waals surface area contributed by atoms with Gasteiger partial charge in [-0.2, -0.15) is 4.99 Å². The summed E-state index contributed by atoms with van der Waals surface area (Å²) in [6.45, 7) is 1.70. The van der Waals surface area contributed by atoms with Gasteiger partial charge >= 0.3 is 11.9 Å². The monoisotopic (exact) mass is 505 g/mol. The lowest BCUT2D eigenvalue weighted by molar-refractivity contribution is -0.143. The highest BCUT2D eigenvalue weighted by atomic mass is 32.2. The van der Waals surface area contributed by atoms with Crippen molar-refractivity contribution in [2.45, 2.75) is 18.4 Å². The number of hydrogen-bond acceptors (Lipinski definition) is 8. The molecule has 34 heavy (non-hydrogen) atoms. The molecule has 12 heteroatoms. The van der Waals surface area contributed by atoms with E-state index in [0.717, 1.165) is 15.6 Å². The molecule has 0 radical (unpaired) electrons. The van der Waals surface area contributed by atoms with Crippen LogP contribution < -0.4 is 4.80 Å². The molecule has 0 spiro atoms. The predicted octanol–water partition coefficient (Wildman–Crippen LogP) is 2.04. The number of carbonyl (C=O) groups is 3. The highest BCUT2D eigenvalue weighted by Crippen LogP contribution is 2.20. The maximum absolute atomic E-state index is 12.8. The normalized spacial score (nSPS) is 12.2. The van der Waals surface area contributed by atoms with Crippen LogP contribution in [0.3, 0.4) is 0 Å². The summed E-state index contributed by atoms with van der Waals surface area (Å²) >= 11 is 1.12. The summed E-state index contributed by atoms with van der Waals surface area (Å²) < 4.78 is 37.5. The number of amides is 1. The van der Waals surface area contributed by atoms with Gasteiger partial charge in [0.15, 0.2) is 4.80 Å². The number of hydrogen-bond donors (Lipinski definition) is 0. The number of rotatable bonds is 7. The Kier molecular flexibility index (Phi) is 7.64. The van der Waals surface area contributed by atoms with E-state index in [1.54, 1.807) is 25.1 Å². The van der Waals surface area contributed by atoms with E-state index in [9.17, 15) is 22.8 Å². The molecule has 1 aromatic heterocycles. The number of carbonyl (C=O) groups excluding carboxylic acids is 3. The third kappa shape index (κ3) is 5.24. The number of aromatic nitrogens is 1. The van der Waals surface area contributed by atoms with Crippen molar-refractivity contribution in [3.63, 3.8) is 0 Å². The summed E-state index contributed by atoms with van der Waals surface area (Å²) in [5, 5.41) is 0. The third-order valence-electron chi connectivity index (χ3n) is 4.77. The minimum atomic E-state index is -3.63. The molecule has 2 aromatic carbocycles. The van der Waals surface area contributed by atoms with Gasteiger partial charge in [-0.3, -0.25) is 9.59 Å². The zero-order chi connectivity index (χ0) is 25.0. The largest absolute Gasteiger partial charge is 0.465 e. The molecule has 0 aliphatic carbocycles. The summed E-state index contributed by atoms with van der Waals surface area (Å²) in [7, 11) is 0.471. The highest BCUT2D eigenvalue weighted by Gasteiger charge is 2.18. The van der Waals surface area contributed by atoms with Crippen LogP contribution in [0.25, 0.3) is 10.2 Å². The van der Waals surface area contributed by atoms with Crippen LogP contribution in [-0.2, 0) is 30.8 Å². The summed E-state index contributed by atoms with van der Waals surface area (Å²) in [6, 6.07) is 10.2. The molecule has 180 valence electrons. The predicted molar refractivity (Wildman–Crippen MR) is 125 cm³/mol. The zero-order valence-corrected chi connectivity index (χ0v) is 20.6. The fourth-order valence-corrected chi connectivity index (χ4v) is 4.99. The SMILES string of the molecule is CCOC(=O)Cn1c(=NC(=O)c2ccc(S(=O)(=O)N(C)C)cc2)sc2cc(C(=O)OC)ccc21. The van der Waals surface area contributed by atoms with Crippen molar-refractivity contribution < 1.29 is 32.3 Å². The molecule has 0 unspecified atom stereocenters. The molecule has 0 saturated heterocycles. The van der Waals surface area contributed by atoms with Crippen molar-refractivity contribution in [3.05, 3.63) is 58.4 Å². The van der Waals surface area contributed by atoms with E-state index in [-0.39, 0.29) is 28.4 Å². The van der Waals surface area contributed by atoms with E-state index in [4.69, 9.17) is 9.47 Å². The number of sulfonamides is 1. The highest BCUT2D eigenvalue weighted by molar-refractivity contribution is 7.89. The van der Waals surface area contributed by atoms with E-state index in [2.05, 4.69) is 4.99 Å². The van der Waals surface area contributed by atoms with Crippen LogP contribution in [0.2, 0.25) is 0 Å². The Morgan fingerprint density at radius 2 is 1.71 bits per heavy atom. The van der Waals surface area contributed by atoms with Gasteiger partial charge in [-0.15, -0.1) is 0 Å². The van der Waals surface area contributed by atoms with Gasteiger partial charge in [0.25, 0.3) is 5.91 Å². The fourth-order valence-electron chi connectivity index (χ4n) is 3.02. The molecule has 0 aliphatic rings. The average molecular weight is 506 g/mol. The van der Waals surface area contributed by atoms with Crippen molar-refractivity contribution in [2.24, 2.45) is 4.99 Å². The van der Waals surface area contributed by atoms with Gasteiger partial charge in [-0.25, -0.2) is 17.5 Å². The number of esters is 2. The Labute approximate surface area is 200 Å². The van der Waals surface area contributed by atoms with Crippen molar-refractivity contribution in [1.29, 1.82) is 0 Å². The van der Waals surface area contributed by atoms with E-state index in [0.29, 0.717) is 15.8 Å². The van der Waals surface area contributed by atoms with Gasteiger partial charge in [0.1, 0.15) is 6.54 Å². The maximum atomic E-state index is 12.8. The molecule has 0 fully saturated rings. The number of benzene rings is 2. The molecule has 10 nitrogen and oxygen atoms in total. The molecular weight excluding hydrogens is 482 g/mol. The molecule has 1 heterocycles. The molecule has 0 aliphatic heterocycles. The third-order valence-corrected chi connectivity index (χ3v) is 7.64. The summed E-state index contributed by atoms with van der Waals surface area (Å²) in [5.41, 5.74) is 1.08. The smallest absolute Gasteiger partial charge is 0.337 e. The topological polar surface area (TPSA) is 124 Å². The van der Waals surface area contributed by atoms with E-state index in [1.807, 2.05) is 0 Å². The zero-order valence-electron chi connectivity index (χ0n) is 19.0. The fraction of sp³-hybridized carbons (Fsp3) is 0.273. The lowest BCUT2D eigenvalue weighted by Gasteiger charge is -2.11. The number of fused-ring (bicyclic) bond motifs is 1. The number of thiazole rings is 1. The van der Waals surface area contributed by atoms with Crippen LogP contribution in [0.4, 0.5) is 0 Å². The summed E-state index contributed by atoms with van der Waals surface area (Å²) in [5.74, 6) is -1.65. The van der Waals surface area contributed by atoms with Crippen LogP contribution in [0.15, 0.2) is 52.4 Å². The first-order chi connectivity index (χ1) is 16.1. The van der Waals surface area contributed by atoms with Gasteiger partial charge in [-0.05, 0) is 49.4 Å². The van der Waals surface area contributed by atoms with Crippen molar-refractivity contribution >= 4 is 49.4 Å². The molecule has 3 rings (SSSR count). The summed E-state index contributed by atoms with van der Waals surface area (Å²) in [6.07, 6.45) is 0. The molecule has 3 aromatic rings. The Hall–Kier alpha value is -3.35. The second-order valence-electron chi connectivity index (χ2n) is 7.18. The molecular formula is C22H23N3O7S2. The van der Waals surface area contributed by atoms with Crippen molar-refractivity contribution in [2.75, 3.05) is 27.8 Å². The van der Waals surface area contributed by atoms with E-state index < -0.39 is 27.9 Å². The molecule has 0 atom stereocenters. The molecule has 0 saturated carbocycles. The summed E-state index contributed by atoms with van der Waals surface area (Å²) in [4.78, 5) is 41.3. The Morgan fingerprint density at radius 1 is 1.06 bits per heavy atom.